The van der Waals surface area contributed by atoms with E-state index in [2.05, 4.69) is 5.32 Å². The van der Waals surface area contributed by atoms with Gasteiger partial charge in [-0.2, -0.15) is 0 Å². The largest absolute Gasteiger partial charge is 0.353 e. The van der Waals surface area contributed by atoms with Crippen LogP contribution in [0.5, 0.6) is 0 Å². The van der Waals surface area contributed by atoms with Crippen molar-refractivity contribution in [1.29, 1.82) is 0 Å². The van der Waals surface area contributed by atoms with E-state index in [9.17, 15) is 23.3 Å². The summed E-state index contributed by atoms with van der Waals surface area (Å²) in [6.07, 6.45) is 0. The standard InChI is InChI=1S/C12H12N2O5S/c1-8(15)9-2-4-10(5-3-9)13-11-6-20(18,19)7-12(11)14(16)17/h2-5,13H,6-7H2,1H3. The molecule has 0 atom stereocenters. The van der Waals surface area contributed by atoms with Crippen LogP contribution >= 0.6 is 0 Å². The second-order valence-corrected chi connectivity index (χ2v) is 6.54. The monoisotopic (exact) mass is 296 g/mol. The Bertz CT molecular complexity index is 704. The van der Waals surface area contributed by atoms with Crippen LogP contribution in [0.4, 0.5) is 5.69 Å². The maximum absolute atomic E-state index is 11.5. The Morgan fingerprint density at radius 3 is 2.35 bits per heavy atom. The Morgan fingerprint density at radius 2 is 1.85 bits per heavy atom. The molecule has 1 aromatic carbocycles. The lowest BCUT2D eigenvalue weighted by Gasteiger charge is -2.06. The second kappa shape index (κ2) is 5.04. The van der Waals surface area contributed by atoms with Crippen LogP contribution in [0.2, 0.25) is 0 Å². The van der Waals surface area contributed by atoms with Gasteiger partial charge in [0, 0.05) is 11.3 Å². The molecule has 0 aliphatic carbocycles. The minimum atomic E-state index is -3.46. The maximum Gasteiger partial charge on any atom is 0.281 e. The van der Waals surface area contributed by atoms with Gasteiger partial charge in [0.05, 0.1) is 10.7 Å². The molecule has 2 rings (SSSR count). The van der Waals surface area contributed by atoms with Crippen molar-refractivity contribution in [1.82, 2.24) is 0 Å². The van der Waals surface area contributed by atoms with Gasteiger partial charge in [-0.3, -0.25) is 14.9 Å². The van der Waals surface area contributed by atoms with E-state index >= 15 is 0 Å². The van der Waals surface area contributed by atoms with Crippen molar-refractivity contribution in [3.63, 3.8) is 0 Å². The van der Waals surface area contributed by atoms with Gasteiger partial charge >= 0.3 is 0 Å². The Hall–Kier alpha value is -2.22. The number of nitrogens with zero attached hydrogens (tertiary/aromatic N) is 1. The van der Waals surface area contributed by atoms with Gasteiger partial charge in [-0.05, 0) is 31.2 Å². The van der Waals surface area contributed by atoms with Crippen molar-refractivity contribution in [2.24, 2.45) is 0 Å². The van der Waals surface area contributed by atoms with Crippen molar-refractivity contribution in [3.05, 3.63) is 51.3 Å². The van der Waals surface area contributed by atoms with Crippen LogP contribution in [0, 0.1) is 10.1 Å². The first-order valence-electron chi connectivity index (χ1n) is 5.73. The highest BCUT2D eigenvalue weighted by atomic mass is 32.2. The molecule has 1 aromatic rings. The molecule has 1 N–H and O–H groups in total. The Morgan fingerprint density at radius 1 is 1.25 bits per heavy atom. The lowest BCUT2D eigenvalue weighted by Crippen LogP contribution is -2.08. The molecule has 0 bridgehead atoms. The van der Waals surface area contributed by atoms with Crippen LogP contribution in [0.1, 0.15) is 17.3 Å². The SMILES string of the molecule is CC(=O)c1ccc(NC2=C([N+](=O)[O-])CS(=O)(=O)C2)cc1. The van der Waals surface area contributed by atoms with E-state index in [1.807, 2.05) is 0 Å². The third kappa shape index (κ3) is 3.02. The summed E-state index contributed by atoms with van der Waals surface area (Å²) in [6.45, 7) is 1.43. The van der Waals surface area contributed by atoms with Crippen molar-refractivity contribution >= 4 is 21.3 Å². The summed E-state index contributed by atoms with van der Waals surface area (Å²) in [5, 5.41) is 13.6. The molecule has 0 saturated heterocycles. The predicted molar refractivity (Wildman–Crippen MR) is 72.7 cm³/mol. The number of rotatable bonds is 4. The molecule has 1 aliphatic rings. The summed E-state index contributed by atoms with van der Waals surface area (Å²) in [5.74, 6) is -1.03. The van der Waals surface area contributed by atoms with Gasteiger partial charge in [-0.25, -0.2) is 8.42 Å². The maximum atomic E-state index is 11.5. The molecule has 20 heavy (non-hydrogen) atoms. The minimum Gasteiger partial charge on any atom is -0.353 e. The Balaban J connectivity index is 2.26. The van der Waals surface area contributed by atoms with Gasteiger partial charge in [-0.15, -0.1) is 0 Å². The summed E-state index contributed by atoms with van der Waals surface area (Å²) in [6, 6.07) is 6.29. The molecule has 0 saturated carbocycles. The number of ketones is 1. The highest BCUT2D eigenvalue weighted by Gasteiger charge is 2.35. The van der Waals surface area contributed by atoms with Crippen LogP contribution in [-0.4, -0.2) is 30.6 Å². The molecule has 106 valence electrons. The normalized spacial score (nSPS) is 17.1. The number of carbonyl (C=O) groups excluding carboxylic acids is 1. The van der Waals surface area contributed by atoms with E-state index in [1.54, 1.807) is 24.3 Å². The highest BCUT2D eigenvalue weighted by Crippen LogP contribution is 2.22. The third-order valence-electron chi connectivity index (χ3n) is 2.88. The number of hydrogen-bond acceptors (Lipinski definition) is 6. The smallest absolute Gasteiger partial charge is 0.281 e. The molecule has 0 spiro atoms. The highest BCUT2D eigenvalue weighted by molar-refractivity contribution is 7.92. The fourth-order valence-electron chi connectivity index (χ4n) is 1.88. The lowest BCUT2D eigenvalue weighted by molar-refractivity contribution is -0.424. The van der Waals surface area contributed by atoms with Gasteiger partial charge in [0.15, 0.2) is 15.6 Å². The van der Waals surface area contributed by atoms with Crippen molar-refractivity contribution < 1.29 is 18.1 Å². The number of benzene rings is 1. The van der Waals surface area contributed by atoms with Gasteiger partial charge in [0.2, 0.25) is 0 Å². The molecule has 0 fully saturated rings. The first kappa shape index (κ1) is 14.2. The van der Waals surface area contributed by atoms with E-state index in [0.717, 1.165) is 0 Å². The molecule has 0 amide bonds. The number of carbonyl (C=O) groups is 1. The Labute approximate surface area is 115 Å². The average molecular weight is 296 g/mol. The fourth-order valence-corrected chi connectivity index (χ4v) is 3.36. The summed E-state index contributed by atoms with van der Waals surface area (Å²) in [5.41, 5.74) is 0.755. The first-order valence-corrected chi connectivity index (χ1v) is 7.55. The van der Waals surface area contributed by atoms with E-state index in [1.165, 1.54) is 6.92 Å². The average Bonchev–Trinajstić information content (AvgIpc) is 2.65. The van der Waals surface area contributed by atoms with E-state index in [4.69, 9.17) is 0 Å². The topological polar surface area (TPSA) is 106 Å². The first-order chi connectivity index (χ1) is 9.28. The number of nitro groups is 1. The van der Waals surface area contributed by atoms with Crippen LogP contribution in [0.25, 0.3) is 0 Å². The molecule has 0 unspecified atom stereocenters. The Kier molecular flexibility index (Phi) is 3.58. The zero-order valence-electron chi connectivity index (χ0n) is 10.6. The lowest BCUT2D eigenvalue weighted by atomic mass is 10.1. The van der Waals surface area contributed by atoms with Gasteiger partial charge in [0.25, 0.3) is 5.70 Å². The number of nitrogens with one attached hydrogen (secondary N) is 1. The molecule has 1 aliphatic heterocycles. The second-order valence-electron chi connectivity index (χ2n) is 4.47. The predicted octanol–water partition coefficient (Wildman–Crippen LogP) is 1.22. The van der Waals surface area contributed by atoms with E-state index < -0.39 is 20.5 Å². The van der Waals surface area contributed by atoms with Crippen LogP contribution in [0.3, 0.4) is 0 Å². The summed E-state index contributed by atoms with van der Waals surface area (Å²) in [4.78, 5) is 21.3. The van der Waals surface area contributed by atoms with Crippen LogP contribution in [0.15, 0.2) is 35.7 Å². The molecular formula is C12H12N2O5S. The van der Waals surface area contributed by atoms with E-state index in [-0.39, 0.29) is 22.9 Å². The number of anilines is 1. The van der Waals surface area contributed by atoms with Crippen molar-refractivity contribution in [3.8, 4) is 0 Å². The van der Waals surface area contributed by atoms with E-state index in [0.29, 0.717) is 11.3 Å². The molecule has 0 radical (unpaired) electrons. The van der Waals surface area contributed by atoms with Crippen molar-refractivity contribution in [2.45, 2.75) is 6.92 Å². The third-order valence-corrected chi connectivity index (χ3v) is 4.32. The van der Waals surface area contributed by atoms with Gasteiger partial charge in [-0.1, -0.05) is 0 Å². The number of hydrogen-bond donors (Lipinski definition) is 1. The fraction of sp³-hybridized carbons (Fsp3) is 0.250. The number of Topliss-reactive ketones (excluding diaryl/α,β-unsaturated/α-hetero) is 1. The van der Waals surface area contributed by atoms with Gasteiger partial charge < -0.3 is 5.32 Å². The molecule has 1 heterocycles. The van der Waals surface area contributed by atoms with Gasteiger partial charge in [0.1, 0.15) is 11.4 Å². The van der Waals surface area contributed by atoms with Crippen LogP contribution < -0.4 is 5.32 Å². The summed E-state index contributed by atoms with van der Waals surface area (Å²) < 4.78 is 22.9. The van der Waals surface area contributed by atoms with Crippen LogP contribution in [-0.2, 0) is 9.84 Å². The summed E-state index contributed by atoms with van der Waals surface area (Å²) >= 11 is 0. The zero-order chi connectivity index (χ0) is 14.9. The molecule has 8 heteroatoms. The zero-order valence-corrected chi connectivity index (χ0v) is 11.4. The van der Waals surface area contributed by atoms with Crippen molar-refractivity contribution in [2.75, 3.05) is 16.8 Å². The number of sulfone groups is 1. The quantitative estimate of drug-likeness (QED) is 0.508. The minimum absolute atomic E-state index is 0.0746. The molecular weight excluding hydrogens is 284 g/mol. The molecule has 7 nitrogen and oxygen atoms in total. The molecule has 0 aromatic heterocycles. The summed E-state index contributed by atoms with van der Waals surface area (Å²) in [7, 11) is -3.46.